The molecule has 0 saturated heterocycles. The molecule has 0 aliphatic heterocycles. The first-order chi connectivity index (χ1) is 12.6. The molecule has 0 unspecified atom stereocenters. The van der Waals surface area contributed by atoms with E-state index < -0.39 is 0 Å². The SMILES string of the molecule is COCCCNc1cc(C(=O)Nc2ccc(OC)cc2OC)nc(C)n1. The van der Waals surface area contributed by atoms with Crippen molar-refractivity contribution < 1.29 is 19.0 Å². The van der Waals surface area contributed by atoms with Crippen molar-refractivity contribution in [1.82, 2.24) is 9.97 Å². The first-order valence-corrected chi connectivity index (χ1v) is 8.19. The minimum atomic E-state index is -0.348. The summed E-state index contributed by atoms with van der Waals surface area (Å²) in [4.78, 5) is 21.1. The highest BCUT2D eigenvalue weighted by Crippen LogP contribution is 2.29. The second-order valence-corrected chi connectivity index (χ2v) is 5.48. The lowest BCUT2D eigenvalue weighted by Gasteiger charge is -2.12. The minimum Gasteiger partial charge on any atom is -0.497 e. The van der Waals surface area contributed by atoms with Gasteiger partial charge in [-0.05, 0) is 25.5 Å². The summed E-state index contributed by atoms with van der Waals surface area (Å²) >= 11 is 0. The largest absolute Gasteiger partial charge is 0.497 e. The van der Waals surface area contributed by atoms with Crippen LogP contribution in [0.2, 0.25) is 0 Å². The van der Waals surface area contributed by atoms with Gasteiger partial charge in [0.05, 0.1) is 19.9 Å². The summed E-state index contributed by atoms with van der Waals surface area (Å²) in [5, 5.41) is 5.97. The Bertz CT molecular complexity index is 752. The first-order valence-electron chi connectivity index (χ1n) is 8.19. The standard InChI is InChI=1S/C18H24N4O4/c1-12-20-15(11-17(21-12)19-8-5-9-24-2)18(23)22-14-7-6-13(25-3)10-16(14)26-4/h6-7,10-11H,5,8-9H2,1-4H3,(H,22,23)(H,19,20,21). The Balaban J connectivity index is 2.13. The second-order valence-electron chi connectivity index (χ2n) is 5.48. The summed E-state index contributed by atoms with van der Waals surface area (Å²) in [6, 6.07) is 6.77. The third-order valence-corrected chi connectivity index (χ3v) is 3.56. The van der Waals surface area contributed by atoms with E-state index in [1.807, 2.05) is 0 Å². The molecule has 2 aromatic rings. The molecule has 1 amide bonds. The smallest absolute Gasteiger partial charge is 0.274 e. The van der Waals surface area contributed by atoms with Gasteiger partial charge in [0.15, 0.2) is 0 Å². The minimum absolute atomic E-state index is 0.268. The summed E-state index contributed by atoms with van der Waals surface area (Å²) in [6.45, 7) is 3.09. The molecule has 8 nitrogen and oxygen atoms in total. The van der Waals surface area contributed by atoms with Gasteiger partial charge in [-0.1, -0.05) is 0 Å². The summed E-state index contributed by atoms with van der Waals surface area (Å²) in [7, 11) is 4.75. The average molecular weight is 360 g/mol. The molecule has 0 fully saturated rings. The van der Waals surface area contributed by atoms with E-state index in [1.165, 1.54) is 7.11 Å². The number of aryl methyl sites for hydroxylation is 1. The third kappa shape index (κ3) is 5.32. The van der Waals surface area contributed by atoms with Crippen LogP contribution in [-0.2, 0) is 4.74 Å². The van der Waals surface area contributed by atoms with E-state index in [0.717, 1.165) is 6.42 Å². The van der Waals surface area contributed by atoms with Crippen molar-refractivity contribution in [3.8, 4) is 11.5 Å². The van der Waals surface area contributed by atoms with Crippen LogP contribution >= 0.6 is 0 Å². The lowest BCUT2D eigenvalue weighted by atomic mass is 10.2. The Morgan fingerprint density at radius 2 is 1.92 bits per heavy atom. The Morgan fingerprint density at radius 3 is 2.62 bits per heavy atom. The Morgan fingerprint density at radius 1 is 1.12 bits per heavy atom. The monoisotopic (exact) mass is 360 g/mol. The van der Waals surface area contributed by atoms with Crippen molar-refractivity contribution in [1.29, 1.82) is 0 Å². The highest BCUT2D eigenvalue weighted by Gasteiger charge is 2.14. The maximum Gasteiger partial charge on any atom is 0.274 e. The quantitative estimate of drug-likeness (QED) is 0.664. The average Bonchev–Trinajstić information content (AvgIpc) is 2.65. The Kier molecular flexibility index (Phi) is 7.16. The third-order valence-electron chi connectivity index (χ3n) is 3.56. The highest BCUT2D eigenvalue weighted by atomic mass is 16.5. The number of carbonyl (C=O) groups is 1. The van der Waals surface area contributed by atoms with Crippen molar-refractivity contribution in [2.45, 2.75) is 13.3 Å². The second kappa shape index (κ2) is 9.57. The van der Waals surface area contributed by atoms with Gasteiger partial charge < -0.3 is 24.8 Å². The molecule has 8 heteroatoms. The first kappa shape index (κ1) is 19.5. The lowest BCUT2D eigenvalue weighted by Crippen LogP contribution is -2.16. The van der Waals surface area contributed by atoms with Crippen LogP contribution in [0, 0.1) is 6.92 Å². The summed E-state index contributed by atoms with van der Waals surface area (Å²) in [5.74, 6) is 1.90. The van der Waals surface area contributed by atoms with Gasteiger partial charge in [-0.25, -0.2) is 9.97 Å². The normalized spacial score (nSPS) is 10.3. The van der Waals surface area contributed by atoms with E-state index in [0.29, 0.717) is 42.0 Å². The summed E-state index contributed by atoms with van der Waals surface area (Å²) < 4.78 is 15.5. The molecule has 140 valence electrons. The number of carbonyl (C=O) groups excluding carboxylic acids is 1. The van der Waals surface area contributed by atoms with Gasteiger partial charge in [0.25, 0.3) is 5.91 Å². The number of hydrogen-bond acceptors (Lipinski definition) is 7. The van der Waals surface area contributed by atoms with Crippen molar-refractivity contribution in [2.75, 3.05) is 45.1 Å². The molecule has 0 aliphatic carbocycles. The van der Waals surface area contributed by atoms with Crippen LogP contribution in [0.15, 0.2) is 24.3 Å². The molecule has 0 radical (unpaired) electrons. The molecular formula is C18H24N4O4. The van der Waals surface area contributed by atoms with Crippen LogP contribution in [0.5, 0.6) is 11.5 Å². The Hall–Kier alpha value is -2.87. The van der Waals surface area contributed by atoms with Gasteiger partial charge in [-0.2, -0.15) is 0 Å². The number of nitrogens with one attached hydrogen (secondary N) is 2. The number of benzene rings is 1. The number of rotatable bonds is 9. The number of amides is 1. The highest BCUT2D eigenvalue weighted by molar-refractivity contribution is 6.04. The van der Waals surface area contributed by atoms with Gasteiger partial charge >= 0.3 is 0 Å². The fraction of sp³-hybridized carbons (Fsp3) is 0.389. The zero-order chi connectivity index (χ0) is 18.9. The van der Waals surface area contributed by atoms with Crippen LogP contribution in [0.4, 0.5) is 11.5 Å². The maximum atomic E-state index is 12.6. The number of methoxy groups -OCH3 is 3. The van der Waals surface area contributed by atoms with E-state index in [9.17, 15) is 4.79 Å². The summed E-state index contributed by atoms with van der Waals surface area (Å²) in [5.41, 5.74) is 0.800. The van der Waals surface area contributed by atoms with Crippen LogP contribution in [-0.4, -0.2) is 50.4 Å². The van der Waals surface area contributed by atoms with Crippen molar-refractivity contribution in [2.24, 2.45) is 0 Å². The van der Waals surface area contributed by atoms with Gasteiger partial charge in [-0.3, -0.25) is 4.79 Å². The molecule has 0 atom stereocenters. The molecule has 0 aliphatic rings. The lowest BCUT2D eigenvalue weighted by molar-refractivity contribution is 0.102. The van der Waals surface area contributed by atoms with Gasteiger partial charge in [0.1, 0.15) is 28.8 Å². The van der Waals surface area contributed by atoms with Gasteiger partial charge in [-0.15, -0.1) is 0 Å². The molecule has 1 aromatic heterocycles. The van der Waals surface area contributed by atoms with E-state index in [1.54, 1.807) is 45.4 Å². The Labute approximate surface area is 152 Å². The number of nitrogens with zero attached hydrogens (tertiary/aromatic N) is 2. The van der Waals surface area contributed by atoms with Gasteiger partial charge in [0.2, 0.25) is 0 Å². The van der Waals surface area contributed by atoms with E-state index in [-0.39, 0.29) is 11.6 Å². The van der Waals surface area contributed by atoms with Crippen molar-refractivity contribution >= 4 is 17.4 Å². The molecule has 2 N–H and O–H groups in total. The van der Waals surface area contributed by atoms with Crippen LogP contribution in [0.3, 0.4) is 0 Å². The van der Waals surface area contributed by atoms with E-state index in [2.05, 4.69) is 20.6 Å². The number of anilines is 2. The molecular weight excluding hydrogens is 336 g/mol. The topological polar surface area (TPSA) is 94.6 Å². The fourth-order valence-electron chi connectivity index (χ4n) is 2.30. The molecule has 0 spiro atoms. The van der Waals surface area contributed by atoms with Gasteiger partial charge in [0, 0.05) is 32.4 Å². The number of aromatic nitrogens is 2. The number of hydrogen-bond donors (Lipinski definition) is 2. The van der Waals surface area contributed by atoms with Crippen LogP contribution < -0.4 is 20.1 Å². The van der Waals surface area contributed by atoms with E-state index in [4.69, 9.17) is 14.2 Å². The zero-order valence-electron chi connectivity index (χ0n) is 15.5. The zero-order valence-corrected chi connectivity index (χ0v) is 15.5. The molecule has 26 heavy (non-hydrogen) atoms. The molecule has 1 heterocycles. The maximum absolute atomic E-state index is 12.6. The van der Waals surface area contributed by atoms with E-state index >= 15 is 0 Å². The molecule has 0 saturated carbocycles. The predicted octanol–water partition coefficient (Wildman–Crippen LogP) is 2.50. The van der Waals surface area contributed by atoms with Crippen LogP contribution in [0.25, 0.3) is 0 Å². The molecule has 0 bridgehead atoms. The fourth-order valence-corrected chi connectivity index (χ4v) is 2.30. The van der Waals surface area contributed by atoms with Crippen LogP contribution in [0.1, 0.15) is 22.7 Å². The number of ether oxygens (including phenoxy) is 3. The molecule has 2 rings (SSSR count). The van der Waals surface area contributed by atoms with Crippen molar-refractivity contribution in [3.63, 3.8) is 0 Å². The summed E-state index contributed by atoms with van der Waals surface area (Å²) in [6.07, 6.45) is 0.837. The molecule has 1 aromatic carbocycles. The van der Waals surface area contributed by atoms with Crippen molar-refractivity contribution in [3.05, 3.63) is 35.8 Å². The predicted molar refractivity (Wildman–Crippen MR) is 99.3 cm³/mol.